The SMILES string of the molecule is CCCC[N+]1(C)CCCC1.F[B-](F)(F)F. The van der Waals surface area contributed by atoms with Crippen LogP contribution < -0.4 is 0 Å². The molecule has 1 nitrogen and oxygen atoms in total. The number of hydrogen-bond donors (Lipinski definition) is 0. The van der Waals surface area contributed by atoms with Crippen molar-refractivity contribution in [2.24, 2.45) is 0 Å². The molecule has 0 amide bonds. The van der Waals surface area contributed by atoms with E-state index >= 15 is 0 Å². The van der Waals surface area contributed by atoms with E-state index in [2.05, 4.69) is 14.0 Å². The predicted molar refractivity (Wildman–Crippen MR) is 55.1 cm³/mol. The van der Waals surface area contributed by atoms with E-state index in [4.69, 9.17) is 0 Å². The summed E-state index contributed by atoms with van der Waals surface area (Å²) in [5.41, 5.74) is 0. The quantitative estimate of drug-likeness (QED) is 0.395. The molecule has 0 unspecified atom stereocenters. The molecule has 1 aliphatic rings. The average Bonchev–Trinajstić information content (AvgIpc) is 2.46. The van der Waals surface area contributed by atoms with Gasteiger partial charge < -0.3 is 21.7 Å². The van der Waals surface area contributed by atoms with Crippen molar-refractivity contribution < 1.29 is 21.7 Å². The van der Waals surface area contributed by atoms with E-state index in [0.717, 1.165) is 0 Å². The Morgan fingerprint density at radius 1 is 1.07 bits per heavy atom. The lowest BCUT2D eigenvalue weighted by Gasteiger charge is -2.28. The number of likely N-dealkylation sites (tertiary alicyclic amines) is 1. The molecule has 0 radical (unpaired) electrons. The second-order valence-electron chi connectivity index (χ2n) is 4.35. The van der Waals surface area contributed by atoms with Crippen molar-refractivity contribution in [1.82, 2.24) is 0 Å². The van der Waals surface area contributed by atoms with Gasteiger partial charge >= 0.3 is 7.25 Å². The summed E-state index contributed by atoms with van der Waals surface area (Å²) in [6.45, 7) is 6.55. The highest BCUT2D eigenvalue weighted by Gasteiger charge is 2.25. The molecule has 6 heteroatoms. The van der Waals surface area contributed by atoms with Crippen molar-refractivity contribution >= 4 is 7.25 Å². The number of hydrogen-bond acceptors (Lipinski definition) is 0. The lowest BCUT2D eigenvalue weighted by molar-refractivity contribution is -0.897. The molecular formula is C9H20BF4N. The predicted octanol–water partition coefficient (Wildman–Crippen LogP) is 3.33. The van der Waals surface area contributed by atoms with Crippen LogP contribution >= 0.6 is 0 Å². The van der Waals surface area contributed by atoms with Gasteiger partial charge in [-0.2, -0.15) is 0 Å². The highest BCUT2D eigenvalue weighted by Crippen LogP contribution is 2.16. The van der Waals surface area contributed by atoms with Crippen LogP contribution in [0.4, 0.5) is 17.3 Å². The van der Waals surface area contributed by atoms with Crippen LogP contribution in [0.15, 0.2) is 0 Å². The molecule has 1 heterocycles. The van der Waals surface area contributed by atoms with Gasteiger partial charge in [-0.25, -0.2) is 0 Å². The summed E-state index contributed by atoms with van der Waals surface area (Å²) in [5, 5.41) is 0. The minimum Gasteiger partial charge on any atom is -0.418 e. The van der Waals surface area contributed by atoms with Crippen LogP contribution in [0.2, 0.25) is 0 Å². The summed E-state index contributed by atoms with van der Waals surface area (Å²) in [5.74, 6) is 0. The lowest BCUT2D eigenvalue weighted by Crippen LogP contribution is -2.41. The molecule has 0 saturated carbocycles. The zero-order valence-electron chi connectivity index (χ0n) is 9.49. The second-order valence-corrected chi connectivity index (χ2v) is 4.35. The summed E-state index contributed by atoms with van der Waals surface area (Å²) in [6.07, 6.45) is 5.69. The second kappa shape index (κ2) is 6.35. The Morgan fingerprint density at radius 3 is 1.80 bits per heavy atom. The maximum atomic E-state index is 9.75. The molecule has 0 atom stereocenters. The molecule has 92 valence electrons. The maximum absolute atomic E-state index is 9.75. The first-order chi connectivity index (χ1) is 6.77. The Morgan fingerprint density at radius 2 is 1.47 bits per heavy atom. The lowest BCUT2D eigenvalue weighted by atomic mass is 10.3. The smallest absolute Gasteiger partial charge is 0.418 e. The van der Waals surface area contributed by atoms with Crippen molar-refractivity contribution in [2.75, 3.05) is 26.7 Å². The minimum atomic E-state index is -6.00. The molecule has 1 rings (SSSR count). The van der Waals surface area contributed by atoms with Crippen LogP contribution in [-0.2, 0) is 0 Å². The standard InChI is InChI=1S/C9H20N.BF4/c1-3-4-7-10(2)8-5-6-9-10;2-1(3,4)5/h3-9H2,1-2H3;/q+1;-1. The van der Waals surface area contributed by atoms with Gasteiger partial charge in [-0.1, -0.05) is 13.3 Å². The molecule has 1 aliphatic heterocycles. The Balaban J connectivity index is 0.000000336. The molecule has 0 aromatic carbocycles. The normalized spacial score (nSPS) is 19.6. The zero-order valence-corrected chi connectivity index (χ0v) is 9.49. The van der Waals surface area contributed by atoms with Crippen LogP contribution in [-0.4, -0.2) is 38.4 Å². The van der Waals surface area contributed by atoms with E-state index < -0.39 is 7.25 Å². The van der Waals surface area contributed by atoms with E-state index in [1.54, 1.807) is 0 Å². The van der Waals surface area contributed by atoms with E-state index in [1.807, 2.05) is 0 Å². The minimum absolute atomic E-state index is 1.36. The van der Waals surface area contributed by atoms with Crippen molar-refractivity contribution in [3.8, 4) is 0 Å². The third-order valence-corrected chi connectivity index (χ3v) is 2.70. The van der Waals surface area contributed by atoms with Crippen LogP contribution in [0.5, 0.6) is 0 Å². The fourth-order valence-electron chi connectivity index (χ4n) is 1.86. The largest absolute Gasteiger partial charge is 0.673 e. The monoisotopic (exact) mass is 229 g/mol. The Hall–Kier alpha value is -0.255. The molecule has 1 fully saturated rings. The molecule has 0 N–H and O–H groups in total. The van der Waals surface area contributed by atoms with E-state index in [1.165, 1.54) is 49.8 Å². The Bertz CT molecular complexity index is 160. The third-order valence-electron chi connectivity index (χ3n) is 2.70. The molecule has 0 aromatic rings. The van der Waals surface area contributed by atoms with Gasteiger partial charge in [-0.15, -0.1) is 0 Å². The molecule has 0 aromatic heterocycles. The number of nitrogens with zero attached hydrogens (tertiary/aromatic N) is 1. The molecule has 0 aliphatic carbocycles. The van der Waals surface area contributed by atoms with E-state index in [9.17, 15) is 17.3 Å². The molecule has 15 heavy (non-hydrogen) atoms. The highest BCUT2D eigenvalue weighted by atomic mass is 19.5. The van der Waals surface area contributed by atoms with Crippen LogP contribution in [0.3, 0.4) is 0 Å². The van der Waals surface area contributed by atoms with Gasteiger partial charge in [-0.3, -0.25) is 0 Å². The van der Waals surface area contributed by atoms with Gasteiger partial charge in [0.15, 0.2) is 0 Å². The van der Waals surface area contributed by atoms with Crippen molar-refractivity contribution in [2.45, 2.75) is 32.6 Å². The first kappa shape index (κ1) is 14.7. The van der Waals surface area contributed by atoms with Crippen LogP contribution in [0.25, 0.3) is 0 Å². The average molecular weight is 229 g/mol. The summed E-state index contributed by atoms with van der Waals surface area (Å²) >= 11 is 0. The topological polar surface area (TPSA) is 0 Å². The summed E-state index contributed by atoms with van der Waals surface area (Å²) in [4.78, 5) is 0. The fourth-order valence-corrected chi connectivity index (χ4v) is 1.86. The first-order valence-corrected chi connectivity index (χ1v) is 5.48. The Labute approximate surface area is 89.1 Å². The number of halogens is 4. The zero-order chi connectivity index (χ0) is 11.9. The van der Waals surface area contributed by atoms with E-state index in [0.29, 0.717) is 0 Å². The third kappa shape index (κ3) is 10.0. The van der Waals surface area contributed by atoms with Gasteiger partial charge in [0.1, 0.15) is 0 Å². The summed E-state index contributed by atoms with van der Waals surface area (Å²) < 4.78 is 40.4. The van der Waals surface area contributed by atoms with Crippen LogP contribution in [0.1, 0.15) is 32.6 Å². The first-order valence-electron chi connectivity index (χ1n) is 5.48. The van der Waals surface area contributed by atoms with Crippen molar-refractivity contribution in [3.05, 3.63) is 0 Å². The number of quaternary nitrogens is 1. The van der Waals surface area contributed by atoms with Gasteiger partial charge in [0, 0.05) is 12.8 Å². The van der Waals surface area contributed by atoms with Crippen molar-refractivity contribution in [1.29, 1.82) is 0 Å². The van der Waals surface area contributed by atoms with Gasteiger partial charge in [0.2, 0.25) is 0 Å². The molecule has 0 bridgehead atoms. The van der Waals surface area contributed by atoms with Gasteiger partial charge in [0.05, 0.1) is 26.7 Å². The van der Waals surface area contributed by atoms with Gasteiger partial charge in [0.25, 0.3) is 0 Å². The number of unbranched alkanes of at least 4 members (excludes halogenated alkanes) is 1. The molecule has 1 saturated heterocycles. The fraction of sp³-hybridized carbons (Fsp3) is 1.00. The van der Waals surface area contributed by atoms with Crippen LogP contribution in [0, 0.1) is 0 Å². The maximum Gasteiger partial charge on any atom is 0.673 e. The molecular weight excluding hydrogens is 209 g/mol. The highest BCUT2D eigenvalue weighted by molar-refractivity contribution is 6.50. The Kier molecular flexibility index (Phi) is 6.25. The summed E-state index contributed by atoms with van der Waals surface area (Å²) in [6, 6.07) is 0. The number of rotatable bonds is 3. The summed E-state index contributed by atoms with van der Waals surface area (Å²) in [7, 11) is -3.59. The van der Waals surface area contributed by atoms with E-state index in [-0.39, 0.29) is 0 Å². The van der Waals surface area contributed by atoms with Gasteiger partial charge in [-0.05, 0) is 6.42 Å². The van der Waals surface area contributed by atoms with Crippen molar-refractivity contribution in [3.63, 3.8) is 0 Å². The molecule has 0 spiro atoms.